The molecule has 96 valence electrons. The number of nitrogens with zero attached hydrogens (tertiary/aromatic N) is 2. The van der Waals surface area contributed by atoms with Crippen LogP contribution in [0.4, 0.5) is 8.78 Å². The highest BCUT2D eigenvalue weighted by Gasteiger charge is 2.10. The van der Waals surface area contributed by atoms with Crippen molar-refractivity contribution in [3.8, 4) is 0 Å². The SMILES string of the molecule is CCC(=O)/C=C(/N=Cc1cncc(Cl)c1)C(F)F. The molecule has 0 aliphatic carbocycles. The Balaban J connectivity index is 2.91. The Kier molecular flexibility index (Phi) is 5.58. The van der Waals surface area contributed by atoms with Gasteiger partial charge in [-0.1, -0.05) is 18.5 Å². The van der Waals surface area contributed by atoms with Gasteiger partial charge in [0, 0.05) is 36.7 Å². The monoisotopic (exact) mass is 272 g/mol. The fourth-order valence-electron chi connectivity index (χ4n) is 1.07. The number of aromatic nitrogens is 1. The molecule has 0 aliphatic heterocycles. The third-order valence-corrected chi connectivity index (χ3v) is 2.18. The average molecular weight is 273 g/mol. The van der Waals surface area contributed by atoms with Crippen LogP contribution in [-0.4, -0.2) is 23.4 Å². The summed E-state index contributed by atoms with van der Waals surface area (Å²) in [7, 11) is 0. The van der Waals surface area contributed by atoms with Crippen molar-refractivity contribution in [1.29, 1.82) is 0 Å². The van der Waals surface area contributed by atoms with Crippen LogP contribution < -0.4 is 0 Å². The van der Waals surface area contributed by atoms with Crippen LogP contribution in [0.15, 0.2) is 35.2 Å². The second-order valence-electron chi connectivity index (χ2n) is 3.38. The molecule has 0 amide bonds. The van der Waals surface area contributed by atoms with Crippen molar-refractivity contribution in [2.45, 2.75) is 19.8 Å². The van der Waals surface area contributed by atoms with Crippen molar-refractivity contribution < 1.29 is 13.6 Å². The lowest BCUT2D eigenvalue weighted by Crippen LogP contribution is -2.00. The summed E-state index contributed by atoms with van der Waals surface area (Å²) < 4.78 is 25.2. The van der Waals surface area contributed by atoms with Crippen LogP contribution >= 0.6 is 11.6 Å². The largest absolute Gasteiger partial charge is 0.295 e. The molecule has 18 heavy (non-hydrogen) atoms. The van der Waals surface area contributed by atoms with Crippen LogP contribution in [0.5, 0.6) is 0 Å². The molecule has 0 bridgehead atoms. The minimum Gasteiger partial charge on any atom is -0.295 e. The Hall–Kier alpha value is -1.62. The fraction of sp³-hybridized carbons (Fsp3) is 0.250. The maximum absolute atomic E-state index is 12.6. The first-order valence-corrected chi connectivity index (χ1v) is 5.58. The second-order valence-corrected chi connectivity index (χ2v) is 3.82. The zero-order valence-electron chi connectivity index (χ0n) is 9.61. The molecule has 0 saturated carbocycles. The third kappa shape index (κ3) is 4.71. The number of carbonyl (C=O) groups excluding carboxylic acids is 1. The number of halogens is 3. The summed E-state index contributed by atoms with van der Waals surface area (Å²) in [5.74, 6) is -0.397. The van der Waals surface area contributed by atoms with Gasteiger partial charge in [0.1, 0.15) is 5.70 Å². The van der Waals surface area contributed by atoms with Gasteiger partial charge >= 0.3 is 0 Å². The molecule has 0 spiro atoms. The van der Waals surface area contributed by atoms with Crippen molar-refractivity contribution in [3.05, 3.63) is 40.8 Å². The molecule has 0 atom stereocenters. The van der Waals surface area contributed by atoms with Crippen LogP contribution in [0.2, 0.25) is 5.02 Å². The van der Waals surface area contributed by atoms with E-state index in [1.165, 1.54) is 24.7 Å². The van der Waals surface area contributed by atoms with E-state index in [9.17, 15) is 13.6 Å². The van der Waals surface area contributed by atoms with E-state index >= 15 is 0 Å². The van der Waals surface area contributed by atoms with Crippen LogP contribution in [0.3, 0.4) is 0 Å². The van der Waals surface area contributed by atoms with Gasteiger partial charge in [-0.05, 0) is 6.07 Å². The van der Waals surface area contributed by atoms with Gasteiger partial charge in [-0.3, -0.25) is 14.8 Å². The van der Waals surface area contributed by atoms with E-state index in [2.05, 4.69) is 9.98 Å². The average Bonchev–Trinajstić information content (AvgIpc) is 2.33. The van der Waals surface area contributed by atoms with Gasteiger partial charge in [-0.15, -0.1) is 0 Å². The van der Waals surface area contributed by atoms with Crippen molar-refractivity contribution in [2.24, 2.45) is 4.99 Å². The van der Waals surface area contributed by atoms with Crippen molar-refractivity contribution in [1.82, 2.24) is 4.98 Å². The Morgan fingerprint density at radius 2 is 2.28 bits per heavy atom. The third-order valence-electron chi connectivity index (χ3n) is 1.97. The molecule has 0 radical (unpaired) electrons. The molecule has 1 aromatic rings. The lowest BCUT2D eigenvalue weighted by atomic mass is 10.2. The molecule has 0 unspecified atom stereocenters. The smallest absolute Gasteiger partial charge is 0.280 e. The fourth-order valence-corrected chi connectivity index (χ4v) is 1.25. The molecular formula is C12H11ClF2N2O. The molecular weight excluding hydrogens is 262 g/mol. The highest BCUT2D eigenvalue weighted by Crippen LogP contribution is 2.12. The molecule has 0 fully saturated rings. The number of carbonyl (C=O) groups is 1. The molecule has 1 aromatic heterocycles. The number of hydrogen-bond acceptors (Lipinski definition) is 3. The molecule has 3 nitrogen and oxygen atoms in total. The Bertz CT molecular complexity index is 487. The Morgan fingerprint density at radius 3 is 2.83 bits per heavy atom. The molecule has 1 heterocycles. The van der Waals surface area contributed by atoms with Gasteiger partial charge in [0.25, 0.3) is 6.43 Å². The van der Waals surface area contributed by atoms with Gasteiger partial charge in [0.05, 0.1) is 5.02 Å². The molecule has 6 heteroatoms. The summed E-state index contributed by atoms with van der Waals surface area (Å²) in [6, 6.07) is 1.53. The maximum atomic E-state index is 12.6. The van der Waals surface area contributed by atoms with Crippen LogP contribution in [-0.2, 0) is 4.79 Å². The molecule has 0 N–H and O–H groups in total. The Morgan fingerprint density at radius 1 is 1.56 bits per heavy atom. The van der Waals surface area contributed by atoms with Gasteiger partial charge < -0.3 is 0 Å². The number of hydrogen-bond donors (Lipinski definition) is 0. The first-order chi connectivity index (χ1) is 8.52. The van der Waals surface area contributed by atoms with Crippen LogP contribution in [0.1, 0.15) is 18.9 Å². The van der Waals surface area contributed by atoms with Crippen molar-refractivity contribution in [2.75, 3.05) is 0 Å². The molecule has 0 aliphatic rings. The zero-order valence-corrected chi connectivity index (χ0v) is 10.4. The number of ketones is 1. The molecule has 0 aromatic carbocycles. The van der Waals surface area contributed by atoms with E-state index in [1.807, 2.05) is 0 Å². The summed E-state index contributed by atoms with van der Waals surface area (Å²) in [4.78, 5) is 18.5. The van der Waals surface area contributed by atoms with E-state index in [0.29, 0.717) is 10.6 Å². The summed E-state index contributed by atoms with van der Waals surface area (Å²) in [6.07, 6.45) is 2.25. The van der Waals surface area contributed by atoms with Gasteiger partial charge in [-0.2, -0.15) is 0 Å². The molecule has 1 rings (SSSR count). The standard InChI is InChI=1S/C12H11ClF2N2O/c1-2-10(18)4-11(12(14)15)17-6-8-3-9(13)7-16-5-8/h3-7,12H,2H2,1H3/b11-4+,17-6?. The Labute approximate surface area is 108 Å². The van der Waals surface area contributed by atoms with E-state index in [1.54, 1.807) is 6.92 Å². The van der Waals surface area contributed by atoms with Gasteiger partial charge in [-0.25, -0.2) is 8.78 Å². The first-order valence-electron chi connectivity index (χ1n) is 5.20. The normalized spacial score (nSPS) is 12.4. The highest BCUT2D eigenvalue weighted by atomic mass is 35.5. The number of alkyl halides is 2. The molecule has 0 saturated heterocycles. The topological polar surface area (TPSA) is 42.3 Å². The first kappa shape index (κ1) is 14.4. The summed E-state index contributed by atoms with van der Waals surface area (Å²) >= 11 is 5.69. The lowest BCUT2D eigenvalue weighted by Gasteiger charge is -1.99. The van der Waals surface area contributed by atoms with Crippen LogP contribution in [0, 0.1) is 0 Å². The van der Waals surface area contributed by atoms with Gasteiger partial charge in [0.2, 0.25) is 0 Å². The maximum Gasteiger partial charge on any atom is 0.280 e. The van der Waals surface area contributed by atoms with E-state index in [0.717, 1.165) is 6.08 Å². The second kappa shape index (κ2) is 6.96. The number of rotatable bonds is 5. The number of aliphatic imine (C=N–C) groups is 1. The summed E-state index contributed by atoms with van der Waals surface area (Å²) in [5.41, 5.74) is -0.0835. The van der Waals surface area contributed by atoms with Crippen LogP contribution in [0.25, 0.3) is 0 Å². The zero-order chi connectivity index (χ0) is 13.5. The summed E-state index contributed by atoms with van der Waals surface area (Å²) in [6.45, 7) is 1.59. The van der Waals surface area contributed by atoms with Crippen molar-refractivity contribution >= 4 is 23.6 Å². The van der Waals surface area contributed by atoms with E-state index < -0.39 is 17.9 Å². The minimum absolute atomic E-state index is 0.157. The lowest BCUT2D eigenvalue weighted by molar-refractivity contribution is -0.114. The van der Waals surface area contributed by atoms with E-state index in [-0.39, 0.29) is 6.42 Å². The quantitative estimate of drug-likeness (QED) is 0.610. The summed E-state index contributed by atoms with van der Waals surface area (Å²) in [5, 5.41) is 0.381. The minimum atomic E-state index is -2.80. The predicted octanol–water partition coefficient (Wildman–Crippen LogP) is 3.28. The van der Waals surface area contributed by atoms with E-state index in [4.69, 9.17) is 11.6 Å². The van der Waals surface area contributed by atoms with Gasteiger partial charge in [0.15, 0.2) is 5.78 Å². The predicted molar refractivity (Wildman–Crippen MR) is 66.2 cm³/mol. The van der Waals surface area contributed by atoms with Crippen molar-refractivity contribution in [3.63, 3.8) is 0 Å². The number of pyridine rings is 1. The number of allylic oxidation sites excluding steroid dienone is 2. The highest BCUT2D eigenvalue weighted by molar-refractivity contribution is 6.30.